The first kappa shape index (κ1) is 16.1. The van der Waals surface area contributed by atoms with Crippen molar-refractivity contribution in [1.82, 2.24) is 5.32 Å². The Morgan fingerprint density at radius 1 is 1.26 bits per heavy atom. The Bertz CT molecular complexity index is 284. The lowest BCUT2D eigenvalue weighted by molar-refractivity contribution is -0.0395. The van der Waals surface area contributed by atoms with Crippen LogP contribution in [0.4, 0.5) is 13.6 Å². The lowest BCUT2D eigenvalue weighted by atomic mass is 9.93. The second-order valence-corrected chi connectivity index (χ2v) is 5.84. The van der Waals surface area contributed by atoms with Crippen molar-refractivity contribution in [2.75, 3.05) is 6.61 Å². The lowest BCUT2D eigenvalue weighted by Crippen LogP contribution is -2.42. The molecule has 1 N–H and O–H groups in total. The molecule has 112 valence electrons. The fourth-order valence-corrected chi connectivity index (χ4v) is 2.06. The van der Waals surface area contributed by atoms with Crippen molar-refractivity contribution in [1.29, 1.82) is 0 Å². The minimum absolute atomic E-state index is 0.0428. The zero-order chi connectivity index (χ0) is 14.5. The van der Waals surface area contributed by atoms with Crippen molar-refractivity contribution >= 4 is 6.09 Å². The summed E-state index contributed by atoms with van der Waals surface area (Å²) in [6.45, 7) is 4.92. The molecule has 0 aromatic heterocycles. The Balaban J connectivity index is 2.21. The van der Waals surface area contributed by atoms with E-state index in [4.69, 9.17) is 9.47 Å². The van der Waals surface area contributed by atoms with Gasteiger partial charge in [-0.1, -0.05) is 0 Å². The van der Waals surface area contributed by atoms with Gasteiger partial charge in [-0.2, -0.15) is 0 Å². The van der Waals surface area contributed by atoms with Crippen molar-refractivity contribution in [3.05, 3.63) is 0 Å². The van der Waals surface area contributed by atoms with Crippen LogP contribution in [0.15, 0.2) is 0 Å². The highest BCUT2D eigenvalue weighted by molar-refractivity contribution is 5.68. The molecule has 0 radical (unpaired) electrons. The van der Waals surface area contributed by atoms with Gasteiger partial charge in [0.15, 0.2) is 0 Å². The van der Waals surface area contributed by atoms with E-state index in [1.807, 2.05) is 20.8 Å². The van der Waals surface area contributed by atoms with Gasteiger partial charge in [0.05, 0.1) is 6.10 Å². The monoisotopic (exact) mass is 279 g/mol. The van der Waals surface area contributed by atoms with Crippen LogP contribution in [0.5, 0.6) is 0 Å². The number of amides is 1. The number of hydrogen-bond donors (Lipinski definition) is 1. The molecule has 0 aromatic carbocycles. The molecule has 1 saturated carbocycles. The Morgan fingerprint density at radius 3 is 2.32 bits per heavy atom. The number of nitrogens with one attached hydrogen (secondary N) is 1. The number of alkyl halides is 2. The van der Waals surface area contributed by atoms with Crippen LogP contribution in [0.3, 0.4) is 0 Å². The molecule has 1 aliphatic carbocycles. The molecule has 0 unspecified atom stereocenters. The van der Waals surface area contributed by atoms with E-state index in [0.717, 1.165) is 12.8 Å². The summed E-state index contributed by atoms with van der Waals surface area (Å²) in [5.74, 6) is 0. The SMILES string of the molecule is CC(C)(C)OC(=O)NC1CCC(OCC(F)F)CC1. The van der Waals surface area contributed by atoms with E-state index in [1.165, 1.54) is 0 Å². The van der Waals surface area contributed by atoms with Gasteiger partial charge in [0.2, 0.25) is 0 Å². The van der Waals surface area contributed by atoms with Crippen LogP contribution in [0.2, 0.25) is 0 Å². The summed E-state index contributed by atoms with van der Waals surface area (Å²) in [6.07, 6.45) is -0.131. The van der Waals surface area contributed by atoms with E-state index >= 15 is 0 Å². The Kier molecular flexibility index (Phi) is 5.97. The van der Waals surface area contributed by atoms with Crippen LogP contribution < -0.4 is 5.32 Å². The largest absolute Gasteiger partial charge is 0.444 e. The predicted octanol–water partition coefficient (Wildman–Crippen LogP) is 3.10. The zero-order valence-electron chi connectivity index (χ0n) is 11.7. The fourth-order valence-electron chi connectivity index (χ4n) is 2.06. The minimum Gasteiger partial charge on any atom is -0.444 e. The van der Waals surface area contributed by atoms with E-state index < -0.39 is 24.7 Å². The van der Waals surface area contributed by atoms with E-state index in [0.29, 0.717) is 12.8 Å². The van der Waals surface area contributed by atoms with Gasteiger partial charge >= 0.3 is 6.09 Å². The van der Waals surface area contributed by atoms with Crippen LogP contribution in [0, 0.1) is 0 Å². The number of ether oxygens (including phenoxy) is 2. The van der Waals surface area contributed by atoms with Gasteiger partial charge in [-0.05, 0) is 46.5 Å². The molecular weight excluding hydrogens is 256 g/mol. The highest BCUT2D eigenvalue weighted by Crippen LogP contribution is 2.22. The summed E-state index contributed by atoms with van der Waals surface area (Å²) >= 11 is 0. The maximum absolute atomic E-state index is 12.0. The van der Waals surface area contributed by atoms with Crippen molar-refractivity contribution in [2.45, 2.75) is 70.6 Å². The first-order valence-corrected chi connectivity index (χ1v) is 6.65. The molecule has 0 bridgehead atoms. The van der Waals surface area contributed by atoms with Crippen molar-refractivity contribution < 1.29 is 23.0 Å². The first-order valence-electron chi connectivity index (χ1n) is 6.65. The lowest BCUT2D eigenvalue weighted by Gasteiger charge is -2.30. The van der Waals surface area contributed by atoms with Crippen LogP contribution in [-0.2, 0) is 9.47 Å². The summed E-state index contributed by atoms with van der Waals surface area (Å²) in [7, 11) is 0. The molecule has 1 rings (SSSR count). The summed E-state index contributed by atoms with van der Waals surface area (Å²) < 4.78 is 34.2. The average molecular weight is 279 g/mol. The van der Waals surface area contributed by atoms with E-state index in [9.17, 15) is 13.6 Å². The Labute approximate surface area is 112 Å². The number of halogens is 2. The van der Waals surface area contributed by atoms with Gasteiger partial charge in [0, 0.05) is 6.04 Å². The number of carbonyl (C=O) groups excluding carboxylic acids is 1. The second kappa shape index (κ2) is 7.03. The number of hydrogen-bond acceptors (Lipinski definition) is 3. The molecule has 0 spiro atoms. The Hall–Kier alpha value is -0.910. The van der Waals surface area contributed by atoms with Crippen molar-refractivity contribution in [2.24, 2.45) is 0 Å². The maximum atomic E-state index is 12.0. The molecular formula is C13H23F2NO3. The molecule has 0 aromatic rings. The number of alkyl carbamates (subject to hydrolysis) is 1. The minimum atomic E-state index is -2.42. The third-order valence-electron chi connectivity index (χ3n) is 2.85. The van der Waals surface area contributed by atoms with Crippen molar-refractivity contribution in [3.63, 3.8) is 0 Å². The first-order chi connectivity index (χ1) is 8.76. The Morgan fingerprint density at radius 2 is 1.84 bits per heavy atom. The molecule has 0 aliphatic heterocycles. The second-order valence-electron chi connectivity index (χ2n) is 5.84. The number of rotatable bonds is 4. The quantitative estimate of drug-likeness (QED) is 0.860. The van der Waals surface area contributed by atoms with Crippen molar-refractivity contribution in [3.8, 4) is 0 Å². The van der Waals surface area contributed by atoms with Gasteiger partial charge in [0.1, 0.15) is 12.2 Å². The topological polar surface area (TPSA) is 47.6 Å². The molecule has 19 heavy (non-hydrogen) atoms. The molecule has 0 atom stereocenters. The van der Waals surface area contributed by atoms with E-state index in [-0.39, 0.29) is 12.1 Å². The molecule has 6 heteroatoms. The molecule has 0 heterocycles. The average Bonchev–Trinajstić information content (AvgIpc) is 2.25. The zero-order valence-corrected chi connectivity index (χ0v) is 11.7. The molecule has 0 saturated heterocycles. The van der Waals surface area contributed by atoms with Gasteiger partial charge in [-0.15, -0.1) is 0 Å². The molecule has 1 fully saturated rings. The third kappa shape index (κ3) is 7.30. The van der Waals surface area contributed by atoms with Crippen LogP contribution in [0.25, 0.3) is 0 Å². The van der Waals surface area contributed by atoms with Gasteiger partial charge in [-0.3, -0.25) is 0 Å². The number of carbonyl (C=O) groups is 1. The highest BCUT2D eigenvalue weighted by Gasteiger charge is 2.25. The maximum Gasteiger partial charge on any atom is 0.407 e. The van der Waals surface area contributed by atoms with Crippen LogP contribution in [0.1, 0.15) is 46.5 Å². The van der Waals surface area contributed by atoms with Gasteiger partial charge in [-0.25, -0.2) is 13.6 Å². The fraction of sp³-hybridized carbons (Fsp3) is 0.923. The predicted molar refractivity (Wildman–Crippen MR) is 67.4 cm³/mol. The van der Waals surface area contributed by atoms with Crippen LogP contribution in [-0.4, -0.2) is 36.9 Å². The summed E-state index contributed by atoms with van der Waals surface area (Å²) in [5, 5.41) is 2.80. The van der Waals surface area contributed by atoms with Gasteiger partial charge < -0.3 is 14.8 Å². The normalized spacial score (nSPS) is 24.3. The summed E-state index contributed by atoms with van der Waals surface area (Å²) in [6, 6.07) is 0.0428. The highest BCUT2D eigenvalue weighted by atomic mass is 19.3. The summed E-state index contributed by atoms with van der Waals surface area (Å²) in [4.78, 5) is 11.6. The smallest absolute Gasteiger partial charge is 0.407 e. The van der Waals surface area contributed by atoms with Gasteiger partial charge in [0.25, 0.3) is 6.43 Å². The van der Waals surface area contributed by atoms with E-state index in [1.54, 1.807) is 0 Å². The third-order valence-corrected chi connectivity index (χ3v) is 2.85. The molecule has 1 amide bonds. The van der Waals surface area contributed by atoms with E-state index in [2.05, 4.69) is 5.32 Å². The summed E-state index contributed by atoms with van der Waals surface area (Å²) in [5.41, 5.74) is -0.512. The van der Waals surface area contributed by atoms with Crippen LogP contribution >= 0.6 is 0 Å². The standard InChI is InChI=1S/C13H23F2NO3/c1-13(2,3)19-12(17)16-9-4-6-10(7-5-9)18-8-11(14)15/h9-11H,4-8H2,1-3H3,(H,16,17). The molecule has 1 aliphatic rings. The molecule has 4 nitrogen and oxygen atoms in total.